The molecular weight excluding hydrogens is 224 g/mol. The molecular formula is C16H16O2. The number of rotatable bonds is 4. The maximum Gasteiger partial charge on any atom is 0.121 e. The smallest absolute Gasteiger partial charge is 0.121 e. The number of ether oxygens (including phenoxy) is 1. The Morgan fingerprint density at radius 1 is 1.00 bits per heavy atom. The summed E-state index contributed by atoms with van der Waals surface area (Å²) in [7, 11) is 1.63. The molecule has 0 fully saturated rings. The molecule has 18 heavy (non-hydrogen) atoms. The standard InChI is InChI=1S/C16H16O2/c1-18-16(14-10-6-3-7-11-14)12-15(17)13-8-4-2-5-9-13/h2-12,16-17H,1H3/b15-12-. The van der Waals surface area contributed by atoms with E-state index in [0.717, 1.165) is 11.1 Å². The minimum atomic E-state index is -0.244. The molecule has 0 heterocycles. The Morgan fingerprint density at radius 3 is 2.11 bits per heavy atom. The highest BCUT2D eigenvalue weighted by atomic mass is 16.5. The van der Waals surface area contributed by atoms with Gasteiger partial charge in [-0.05, 0) is 11.6 Å². The minimum absolute atomic E-state index is 0.228. The fourth-order valence-electron chi connectivity index (χ4n) is 1.79. The number of hydrogen-bond donors (Lipinski definition) is 1. The van der Waals surface area contributed by atoms with Crippen molar-refractivity contribution in [3.8, 4) is 0 Å². The zero-order valence-electron chi connectivity index (χ0n) is 10.3. The van der Waals surface area contributed by atoms with Gasteiger partial charge in [0, 0.05) is 12.7 Å². The van der Waals surface area contributed by atoms with E-state index in [1.807, 2.05) is 60.7 Å². The summed E-state index contributed by atoms with van der Waals surface area (Å²) in [6, 6.07) is 19.2. The molecule has 0 aliphatic heterocycles. The van der Waals surface area contributed by atoms with E-state index in [9.17, 15) is 5.11 Å². The van der Waals surface area contributed by atoms with Crippen molar-refractivity contribution < 1.29 is 9.84 Å². The lowest BCUT2D eigenvalue weighted by atomic mass is 10.1. The molecule has 0 aromatic heterocycles. The Hall–Kier alpha value is -2.06. The van der Waals surface area contributed by atoms with Crippen LogP contribution in [0.15, 0.2) is 66.7 Å². The second-order valence-corrected chi connectivity index (χ2v) is 3.98. The van der Waals surface area contributed by atoms with Crippen LogP contribution in [0.25, 0.3) is 5.76 Å². The van der Waals surface area contributed by atoms with E-state index in [-0.39, 0.29) is 11.9 Å². The molecule has 0 aliphatic carbocycles. The van der Waals surface area contributed by atoms with Gasteiger partial charge < -0.3 is 9.84 Å². The van der Waals surface area contributed by atoms with Crippen LogP contribution in [-0.4, -0.2) is 12.2 Å². The van der Waals surface area contributed by atoms with Gasteiger partial charge in [-0.1, -0.05) is 60.7 Å². The molecule has 0 saturated heterocycles. The van der Waals surface area contributed by atoms with E-state index in [1.165, 1.54) is 0 Å². The van der Waals surface area contributed by atoms with Crippen molar-refractivity contribution >= 4 is 5.76 Å². The predicted octanol–water partition coefficient (Wildman–Crippen LogP) is 3.97. The van der Waals surface area contributed by atoms with E-state index in [2.05, 4.69) is 0 Å². The van der Waals surface area contributed by atoms with Gasteiger partial charge in [0.15, 0.2) is 0 Å². The number of benzene rings is 2. The van der Waals surface area contributed by atoms with Gasteiger partial charge in [0.05, 0.1) is 0 Å². The van der Waals surface area contributed by atoms with E-state index in [0.29, 0.717) is 0 Å². The van der Waals surface area contributed by atoms with Crippen LogP contribution < -0.4 is 0 Å². The van der Waals surface area contributed by atoms with Gasteiger partial charge in [0.25, 0.3) is 0 Å². The molecule has 0 amide bonds. The highest BCUT2D eigenvalue weighted by Crippen LogP contribution is 2.22. The van der Waals surface area contributed by atoms with E-state index < -0.39 is 0 Å². The molecule has 1 unspecified atom stereocenters. The third kappa shape index (κ3) is 2.99. The molecule has 0 spiro atoms. The second kappa shape index (κ2) is 6.03. The third-order valence-corrected chi connectivity index (χ3v) is 2.76. The van der Waals surface area contributed by atoms with Crippen molar-refractivity contribution in [2.45, 2.75) is 6.10 Å². The van der Waals surface area contributed by atoms with Gasteiger partial charge in [-0.3, -0.25) is 0 Å². The molecule has 1 N–H and O–H groups in total. The van der Waals surface area contributed by atoms with Crippen LogP contribution in [0, 0.1) is 0 Å². The van der Waals surface area contributed by atoms with Crippen LogP contribution in [0.2, 0.25) is 0 Å². The monoisotopic (exact) mass is 240 g/mol. The molecule has 0 saturated carbocycles. The van der Waals surface area contributed by atoms with E-state index in [1.54, 1.807) is 13.2 Å². The number of hydrogen-bond acceptors (Lipinski definition) is 2. The van der Waals surface area contributed by atoms with Gasteiger partial charge in [-0.15, -0.1) is 0 Å². The highest BCUT2D eigenvalue weighted by molar-refractivity contribution is 5.59. The minimum Gasteiger partial charge on any atom is -0.508 e. The van der Waals surface area contributed by atoms with Crippen molar-refractivity contribution in [2.24, 2.45) is 0 Å². The summed E-state index contributed by atoms with van der Waals surface area (Å²) >= 11 is 0. The molecule has 92 valence electrons. The second-order valence-electron chi connectivity index (χ2n) is 3.98. The molecule has 0 aliphatic rings. The first-order valence-corrected chi connectivity index (χ1v) is 5.85. The van der Waals surface area contributed by atoms with Crippen molar-refractivity contribution in [1.29, 1.82) is 0 Å². The summed E-state index contributed by atoms with van der Waals surface area (Å²) in [5.74, 6) is 0.228. The normalized spacial score (nSPS) is 13.3. The topological polar surface area (TPSA) is 29.5 Å². The first kappa shape index (κ1) is 12.4. The summed E-state index contributed by atoms with van der Waals surface area (Å²) in [5, 5.41) is 10.1. The largest absolute Gasteiger partial charge is 0.508 e. The van der Waals surface area contributed by atoms with Crippen LogP contribution in [0.4, 0.5) is 0 Å². The van der Waals surface area contributed by atoms with Crippen LogP contribution >= 0.6 is 0 Å². The molecule has 1 atom stereocenters. The van der Waals surface area contributed by atoms with Crippen molar-refractivity contribution in [2.75, 3.05) is 7.11 Å². The summed E-state index contributed by atoms with van der Waals surface area (Å²) in [6.07, 6.45) is 1.47. The lowest BCUT2D eigenvalue weighted by Crippen LogP contribution is -1.99. The van der Waals surface area contributed by atoms with Crippen LogP contribution in [0.1, 0.15) is 17.2 Å². The SMILES string of the molecule is COC(/C=C(\O)c1ccccc1)c1ccccc1. The van der Waals surface area contributed by atoms with Crippen molar-refractivity contribution in [3.63, 3.8) is 0 Å². The third-order valence-electron chi connectivity index (χ3n) is 2.76. The fraction of sp³-hybridized carbons (Fsp3) is 0.125. The quantitative estimate of drug-likeness (QED) is 0.819. The molecule has 2 aromatic carbocycles. The Bertz CT molecular complexity index is 503. The Labute approximate surface area is 107 Å². The van der Waals surface area contributed by atoms with E-state index >= 15 is 0 Å². The summed E-state index contributed by atoms with van der Waals surface area (Å²) in [6.45, 7) is 0. The lowest BCUT2D eigenvalue weighted by Gasteiger charge is -2.12. The van der Waals surface area contributed by atoms with Crippen LogP contribution in [0.5, 0.6) is 0 Å². The summed E-state index contributed by atoms with van der Waals surface area (Å²) in [4.78, 5) is 0. The zero-order chi connectivity index (χ0) is 12.8. The first-order valence-electron chi connectivity index (χ1n) is 5.85. The van der Waals surface area contributed by atoms with Gasteiger partial charge >= 0.3 is 0 Å². The predicted molar refractivity (Wildman–Crippen MR) is 73.2 cm³/mol. The van der Waals surface area contributed by atoms with Gasteiger partial charge in [0.2, 0.25) is 0 Å². The Morgan fingerprint density at radius 2 is 1.56 bits per heavy atom. The zero-order valence-corrected chi connectivity index (χ0v) is 10.3. The molecule has 0 bridgehead atoms. The maximum absolute atomic E-state index is 10.1. The maximum atomic E-state index is 10.1. The van der Waals surface area contributed by atoms with Crippen LogP contribution in [-0.2, 0) is 4.74 Å². The number of aliphatic hydroxyl groups is 1. The average Bonchev–Trinajstić information content (AvgIpc) is 2.46. The molecule has 0 radical (unpaired) electrons. The highest BCUT2D eigenvalue weighted by Gasteiger charge is 2.08. The van der Waals surface area contributed by atoms with Crippen LogP contribution in [0.3, 0.4) is 0 Å². The summed E-state index contributed by atoms with van der Waals surface area (Å²) < 4.78 is 5.39. The molecule has 2 nitrogen and oxygen atoms in total. The van der Waals surface area contributed by atoms with E-state index in [4.69, 9.17) is 4.74 Å². The molecule has 2 rings (SSSR count). The summed E-state index contributed by atoms with van der Waals surface area (Å²) in [5.41, 5.74) is 1.80. The number of aliphatic hydroxyl groups excluding tert-OH is 1. The van der Waals surface area contributed by atoms with Gasteiger partial charge in [-0.25, -0.2) is 0 Å². The Kier molecular flexibility index (Phi) is 4.15. The van der Waals surface area contributed by atoms with Crippen molar-refractivity contribution in [3.05, 3.63) is 77.9 Å². The Balaban J connectivity index is 2.25. The molecule has 2 heteroatoms. The number of methoxy groups -OCH3 is 1. The lowest BCUT2D eigenvalue weighted by molar-refractivity contribution is 0.142. The first-order chi connectivity index (χ1) is 8.81. The van der Waals surface area contributed by atoms with Gasteiger partial charge in [0.1, 0.15) is 11.9 Å². The van der Waals surface area contributed by atoms with Crippen molar-refractivity contribution in [1.82, 2.24) is 0 Å². The fourth-order valence-corrected chi connectivity index (χ4v) is 1.79. The van der Waals surface area contributed by atoms with Gasteiger partial charge in [-0.2, -0.15) is 0 Å². The molecule has 2 aromatic rings. The average molecular weight is 240 g/mol.